The van der Waals surface area contributed by atoms with Crippen LogP contribution < -0.4 is 4.90 Å². The monoisotopic (exact) mass is 394 g/mol. The van der Waals surface area contributed by atoms with Crippen LogP contribution >= 0.6 is 11.6 Å². The molecule has 0 radical (unpaired) electrons. The number of anilines is 1. The molecule has 2 heterocycles. The van der Waals surface area contributed by atoms with Crippen molar-refractivity contribution in [1.29, 1.82) is 0 Å². The van der Waals surface area contributed by atoms with E-state index >= 15 is 0 Å². The zero-order valence-electron chi connectivity index (χ0n) is 16.0. The Morgan fingerprint density at radius 3 is 2.63 bits per heavy atom. The maximum atomic E-state index is 12.7. The second-order valence-corrected chi connectivity index (χ2v) is 7.95. The first kappa shape index (κ1) is 19.4. The van der Waals surface area contributed by atoms with Crippen molar-refractivity contribution in [2.45, 2.75) is 39.2 Å². The zero-order chi connectivity index (χ0) is 20.1. The van der Waals surface area contributed by atoms with E-state index in [2.05, 4.69) is 4.98 Å². The van der Waals surface area contributed by atoms with Gasteiger partial charge in [-0.05, 0) is 33.3 Å². The molecule has 8 heteroatoms. The van der Waals surface area contributed by atoms with Gasteiger partial charge in [-0.2, -0.15) is 0 Å². The predicted octanol–water partition coefficient (Wildman–Crippen LogP) is 4.05. The first-order valence-corrected chi connectivity index (χ1v) is 9.15. The van der Waals surface area contributed by atoms with Crippen LogP contribution in [0.15, 0.2) is 6.07 Å². The van der Waals surface area contributed by atoms with E-state index in [1.54, 1.807) is 27.7 Å². The highest BCUT2D eigenvalue weighted by atomic mass is 35.5. The quantitative estimate of drug-likeness (QED) is 0.592. The number of carbonyl (C=O) groups excluding carboxylic acids is 2. The second-order valence-electron chi connectivity index (χ2n) is 7.64. The molecular formula is C19H23ClN2O5. The molecule has 27 heavy (non-hydrogen) atoms. The number of rotatable bonds is 2. The normalized spacial score (nSPS) is 16.5. The minimum Gasteiger partial charge on any atom is -0.506 e. The van der Waals surface area contributed by atoms with Gasteiger partial charge in [-0.3, -0.25) is 4.90 Å². The third-order valence-electron chi connectivity index (χ3n) is 4.55. The number of H-pyrrole nitrogens is 1. The molecule has 7 nitrogen and oxygen atoms in total. The van der Waals surface area contributed by atoms with Gasteiger partial charge < -0.3 is 19.6 Å². The third-order valence-corrected chi connectivity index (χ3v) is 4.93. The third kappa shape index (κ3) is 3.20. The Balaban J connectivity index is 2.25. The number of aryl methyl sites for hydroxylation is 1. The minimum atomic E-state index is -0.662. The summed E-state index contributed by atoms with van der Waals surface area (Å²) in [5.74, 6) is -0.547. The van der Waals surface area contributed by atoms with Crippen LogP contribution in [0, 0.1) is 6.92 Å². The lowest BCUT2D eigenvalue weighted by atomic mass is 9.95. The molecule has 2 N–H and O–H groups in total. The van der Waals surface area contributed by atoms with Crippen LogP contribution in [0.3, 0.4) is 0 Å². The van der Waals surface area contributed by atoms with Crippen molar-refractivity contribution >= 4 is 40.3 Å². The molecule has 0 bridgehead atoms. The van der Waals surface area contributed by atoms with Crippen LogP contribution in [-0.2, 0) is 9.47 Å². The molecule has 1 amide bonds. The molecule has 3 rings (SSSR count). The maximum Gasteiger partial charge on any atom is 0.414 e. The number of carbonyl (C=O) groups is 2. The standard InChI is InChI=1S/C19H23ClN2O5/c1-9-13(17(24)26-5)15-14-10(7-20)8-22(18(25)27-19(2,3)4)11(14)6-12(23)16(15)21-9/h6,10,21,23H,7-8H2,1-5H3/t10-/m1/s1. The van der Waals surface area contributed by atoms with E-state index in [1.165, 1.54) is 18.1 Å². The molecular weight excluding hydrogens is 372 g/mol. The molecule has 1 atom stereocenters. The van der Waals surface area contributed by atoms with Crippen molar-refractivity contribution in [3.63, 3.8) is 0 Å². The van der Waals surface area contributed by atoms with E-state index in [0.29, 0.717) is 34.4 Å². The Morgan fingerprint density at radius 1 is 1.41 bits per heavy atom. The lowest BCUT2D eigenvalue weighted by molar-refractivity contribution is 0.0578. The van der Waals surface area contributed by atoms with E-state index in [9.17, 15) is 14.7 Å². The van der Waals surface area contributed by atoms with E-state index < -0.39 is 17.7 Å². The molecule has 0 saturated carbocycles. The first-order chi connectivity index (χ1) is 12.6. The van der Waals surface area contributed by atoms with Crippen molar-refractivity contribution in [2.24, 2.45) is 0 Å². The number of alkyl halides is 1. The molecule has 1 aliphatic heterocycles. The van der Waals surface area contributed by atoms with Crippen LogP contribution in [0.2, 0.25) is 0 Å². The van der Waals surface area contributed by atoms with Gasteiger partial charge in [0.2, 0.25) is 0 Å². The number of phenolic OH excluding ortho intramolecular Hbond substituents is 1. The maximum absolute atomic E-state index is 12.7. The number of halogens is 1. The molecule has 2 aromatic rings. The molecule has 1 aromatic heterocycles. The van der Waals surface area contributed by atoms with Crippen LogP contribution in [0.1, 0.15) is 48.3 Å². The van der Waals surface area contributed by atoms with Gasteiger partial charge in [0.15, 0.2) is 0 Å². The molecule has 0 aliphatic carbocycles. The Hall–Kier alpha value is -2.41. The van der Waals surface area contributed by atoms with Gasteiger partial charge in [-0.1, -0.05) is 0 Å². The average molecular weight is 395 g/mol. The van der Waals surface area contributed by atoms with E-state index in [-0.39, 0.29) is 17.5 Å². The van der Waals surface area contributed by atoms with E-state index in [1.807, 2.05) is 0 Å². The molecule has 146 valence electrons. The summed E-state index contributed by atoms with van der Waals surface area (Å²) in [6, 6.07) is 1.51. The summed E-state index contributed by atoms with van der Waals surface area (Å²) in [5, 5.41) is 11.1. The van der Waals surface area contributed by atoms with Gasteiger partial charge in [-0.25, -0.2) is 9.59 Å². The van der Waals surface area contributed by atoms with Crippen molar-refractivity contribution in [3.8, 4) is 5.75 Å². The number of hydrogen-bond acceptors (Lipinski definition) is 5. The largest absolute Gasteiger partial charge is 0.506 e. The molecule has 1 aliphatic rings. The number of nitrogens with one attached hydrogen (secondary N) is 1. The van der Waals surface area contributed by atoms with Crippen LogP contribution in [0.4, 0.5) is 10.5 Å². The number of hydrogen-bond donors (Lipinski definition) is 2. The topological polar surface area (TPSA) is 91.9 Å². The lowest BCUT2D eigenvalue weighted by Crippen LogP contribution is -2.36. The van der Waals surface area contributed by atoms with Gasteiger partial charge in [0, 0.05) is 35.5 Å². The van der Waals surface area contributed by atoms with Crippen LogP contribution in [0.5, 0.6) is 5.75 Å². The predicted molar refractivity (Wildman–Crippen MR) is 103 cm³/mol. The van der Waals surface area contributed by atoms with Crippen molar-refractivity contribution < 1.29 is 24.2 Å². The molecule has 0 fully saturated rings. The molecule has 0 unspecified atom stereocenters. The highest BCUT2D eigenvalue weighted by molar-refractivity contribution is 6.19. The molecule has 0 spiro atoms. The fourth-order valence-corrected chi connectivity index (χ4v) is 3.77. The van der Waals surface area contributed by atoms with Crippen molar-refractivity contribution in [2.75, 3.05) is 24.4 Å². The molecule has 1 aromatic carbocycles. The van der Waals surface area contributed by atoms with Crippen LogP contribution in [-0.4, -0.2) is 47.3 Å². The Morgan fingerprint density at radius 2 is 2.07 bits per heavy atom. The SMILES string of the molecule is COC(=O)c1c(C)[nH]c2c(O)cc3c(c12)[C@H](CCl)CN3C(=O)OC(C)(C)C. The Kier molecular flexibility index (Phi) is 4.76. The fraction of sp³-hybridized carbons (Fsp3) is 0.474. The molecule has 0 saturated heterocycles. The fourth-order valence-electron chi connectivity index (χ4n) is 3.51. The second kappa shape index (κ2) is 6.64. The smallest absolute Gasteiger partial charge is 0.414 e. The average Bonchev–Trinajstić information content (AvgIpc) is 3.10. The van der Waals surface area contributed by atoms with Crippen molar-refractivity contribution in [1.82, 2.24) is 4.98 Å². The summed E-state index contributed by atoms with van der Waals surface area (Å²) in [6.45, 7) is 7.39. The number of aromatic hydroxyl groups is 1. The summed E-state index contributed by atoms with van der Waals surface area (Å²) in [7, 11) is 1.30. The Bertz CT molecular complexity index is 929. The number of ether oxygens (including phenoxy) is 2. The summed E-state index contributed by atoms with van der Waals surface area (Å²) in [4.78, 5) is 29.5. The number of benzene rings is 1. The number of amides is 1. The lowest BCUT2D eigenvalue weighted by Gasteiger charge is -2.25. The minimum absolute atomic E-state index is 0.0641. The number of fused-ring (bicyclic) bond motifs is 3. The summed E-state index contributed by atoms with van der Waals surface area (Å²) < 4.78 is 10.4. The van der Waals surface area contributed by atoms with Gasteiger partial charge in [0.25, 0.3) is 0 Å². The van der Waals surface area contributed by atoms with E-state index in [0.717, 1.165) is 5.56 Å². The van der Waals surface area contributed by atoms with E-state index in [4.69, 9.17) is 21.1 Å². The highest BCUT2D eigenvalue weighted by Crippen LogP contribution is 2.47. The van der Waals surface area contributed by atoms with Gasteiger partial charge >= 0.3 is 12.1 Å². The summed E-state index contributed by atoms with van der Waals surface area (Å²) in [5.41, 5.74) is 1.89. The van der Waals surface area contributed by atoms with Gasteiger partial charge in [-0.15, -0.1) is 11.6 Å². The van der Waals surface area contributed by atoms with Gasteiger partial charge in [0.1, 0.15) is 11.4 Å². The Labute approximate surface area is 162 Å². The first-order valence-electron chi connectivity index (χ1n) is 8.62. The van der Waals surface area contributed by atoms with Crippen LogP contribution in [0.25, 0.3) is 10.9 Å². The number of nitrogens with zero attached hydrogens (tertiary/aromatic N) is 1. The zero-order valence-corrected chi connectivity index (χ0v) is 16.7. The summed E-state index contributed by atoms with van der Waals surface area (Å²) in [6.07, 6.45) is -0.526. The number of phenols is 1. The number of aromatic nitrogens is 1. The number of methoxy groups -OCH3 is 1. The summed E-state index contributed by atoms with van der Waals surface area (Å²) >= 11 is 6.18. The highest BCUT2D eigenvalue weighted by Gasteiger charge is 2.38. The number of esters is 1. The van der Waals surface area contributed by atoms with Crippen molar-refractivity contribution in [3.05, 3.63) is 22.9 Å². The number of aromatic amines is 1. The van der Waals surface area contributed by atoms with Gasteiger partial charge in [0.05, 0.1) is 23.9 Å².